The summed E-state index contributed by atoms with van der Waals surface area (Å²) in [5.74, 6) is 1.89. The first-order valence-electron chi connectivity index (χ1n) is 29.8. The van der Waals surface area contributed by atoms with Crippen molar-refractivity contribution in [1.29, 1.82) is 0 Å². The van der Waals surface area contributed by atoms with Crippen molar-refractivity contribution in [2.45, 2.75) is 78.6 Å². The van der Waals surface area contributed by atoms with Gasteiger partial charge in [0, 0.05) is 0 Å². The SMILES string of the molecule is CC(C)(C)c1cc(-c2ccccc2)c(N2c3ccccc3B3c4cc5c6c(c4N(c4c(-c7ccccc7)cc(C(C)(C)C)cc4-c4ccccc4)c4cc(C(C)(C)C)cc2c43)[Se]c2ccccc2B6c2ccccc2O5)c(-c2ccccc2)c1. The van der Waals surface area contributed by atoms with Crippen LogP contribution in [0.15, 0.2) is 237 Å². The molecule has 4 heterocycles. The predicted molar refractivity (Wildman–Crippen MR) is 361 cm³/mol. The molecule has 0 aliphatic carbocycles. The van der Waals surface area contributed by atoms with Crippen LogP contribution in [0.1, 0.15) is 79.0 Å². The summed E-state index contributed by atoms with van der Waals surface area (Å²) in [7, 11) is 0. The maximum absolute atomic E-state index is 7.41. The fraction of sp³-hybridized carbons (Fsp3) is 0.154. The minimum atomic E-state index is -0.257. The molecule has 84 heavy (non-hydrogen) atoms. The molecule has 11 aromatic carbocycles. The van der Waals surface area contributed by atoms with Gasteiger partial charge in [0.05, 0.1) is 0 Å². The molecule has 406 valence electrons. The van der Waals surface area contributed by atoms with E-state index in [2.05, 4.69) is 309 Å². The average molecular weight is 1150 g/mol. The van der Waals surface area contributed by atoms with Gasteiger partial charge in [-0.25, -0.2) is 0 Å². The molecule has 0 radical (unpaired) electrons. The van der Waals surface area contributed by atoms with Gasteiger partial charge in [0.15, 0.2) is 0 Å². The van der Waals surface area contributed by atoms with E-state index >= 15 is 0 Å². The quantitative estimate of drug-likeness (QED) is 0.154. The summed E-state index contributed by atoms with van der Waals surface area (Å²) in [6, 6.07) is 89.8. The summed E-state index contributed by atoms with van der Waals surface area (Å²) in [5.41, 5.74) is 27.8. The monoisotopic (exact) mass is 1150 g/mol. The first-order valence-corrected chi connectivity index (χ1v) is 31.5. The predicted octanol–water partition coefficient (Wildman–Crippen LogP) is 14.9. The van der Waals surface area contributed by atoms with Crippen molar-refractivity contribution >= 4 is 104 Å². The van der Waals surface area contributed by atoms with E-state index in [1.165, 1.54) is 137 Å². The second kappa shape index (κ2) is 19.5. The van der Waals surface area contributed by atoms with Gasteiger partial charge in [0.25, 0.3) is 0 Å². The zero-order valence-electron chi connectivity index (χ0n) is 49.4. The Morgan fingerprint density at radius 1 is 0.321 bits per heavy atom. The van der Waals surface area contributed by atoms with Crippen LogP contribution in [0.3, 0.4) is 0 Å². The normalized spacial score (nSPS) is 13.7. The Hall–Kier alpha value is -8.53. The molecular weight excluding hydrogens is 1080 g/mol. The number of hydrogen-bond acceptors (Lipinski definition) is 3. The van der Waals surface area contributed by atoms with Crippen molar-refractivity contribution in [3.63, 3.8) is 0 Å². The van der Waals surface area contributed by atoms with Crippen molar-refractivity contribution < 1.29 is 4.74 Å². The van der Waals surface area contributed by atoms with Crippen molar-refractivity contribution in [2.24, 2.45) is 0 Å². The zero-order valence-corrected chi connectivity index (χ0v) is 51.1. The van der Waals surface area contributed by atoms with Gasteiger partial charge in [-0.1, -0.05) is 32.9 Å². The van der Waals surface area contributed by atoms with E-state index in [1.54, 1.807) is 0 Å². The van der Waals surface area contributed by atoms with E-state index in [9.17, 15) is 0 Å². The molecule has 0 atom stereocenters. The topological polar surface area (TPSA) is 15.7 Å². The van der Waals surface area contributed by atoms with Crippen LogP contribution in [0.5, 0.6) is 11.5 Å². The third-order valence-corrected chi connectivity index (χ3v) is 20.5. The minimum absolute atomic E-state index is 0.000246. The van der Waals surface area contributed by atoms with E-state index in [1.807, 2.05) is 0 Å². The molecule has 6 heteroatoms. The molecule has 0 spiro atoms. The van der Waals surface area contributed by atoms with E-state index in [4.69, 9.17) is 4.74 Å². The van der Waals surface area contributed by atoms with Crippen LogP contribution in [0.25, 0.3) is 44.5 Å². The number of para-hydroxylation sites is 2. The molecule has 4 aliphatic rings. The number of rotatable bonds is 6. The van der Waals surface area contributed by atoms with Crippen molar-refractivity contribution in [3.8, 4) is 56.0 Å². The molecule has 11 aromatic rings. The fourth-order valence-corrected chi connectivity index (χ4v) is 16.5. The zero-order chi connectivity index (χ0) is 57.4. The molecule has 0 saturated heterocycles. The van der Waals surface area contributed by atoms with Gasteiger partial charge in [-0.05, 0) is 0 Å². The second-order valence-corrected chi connectivity index (χ2v) is 28.6. The number of nitrogens with zero attached hydrogens (tertiary/aromatic N) is 2. The van der Waals surface area contributed by atoms with Crippen LogP contribution in [0.2, 0.25) is 0 Å². The van der Waals surface area contributed by atoms with Crippen molar-refractivity contribution in [2.75, 3.05) is 9.80 Å². The molecule has 0 amide bonds. The van der Waals surface area contributed by atoms with Crippen LogP contribution in [-0.2, 0) is 16.2 Å². The van der Waals surface area contributed by atoms with Crippen LogP contribution < -0.4 is 56.2 Å². The van der Waals surface area contributed by atoms with Crippen molar-refractivity contribution in [3.05, 3.63) is 253 Å². The van der Waals surface area contributed by atoms with Gasteiger partial charge < -0.3 is 0 Å². The maximum atomic E-state index is 7.41. The van der Waals surface area contributed by atoms with E-state index in [0.29, 0.717) is 0 Å². The fourth-order valence-electron chi connectivity index (χ4n) is 13.7. The van der Waals surface area contributed by atoms with Crippen LogP contribution in [0, 0.1) is 0 Å². The Balaban J connectivity index is 1.15. The molecular formula is C78H66B2N2OSe. The van der Waals surface area contributed by atoms with Gasteiger partial charge in [-0.15, -0.1) is 0 Å². The van der Waals surface area contributed by atoms with Crippen molar-refractivity contribution in [1.82, 2.24) is 0 Å². The Morgan fingerprint density at radius 2 is 0.714 bits per heavy atom. The molecule has 3 nitrogen and oxygen atoms in total. The van der Waals surface area contributed by atoms with Crippen LogP contribution in [-0.4, -0.2) is 28.4 Å². The van der Waals surface area contributed by atoms with Gasteiger partial charge in [0.1, 0.15) is 0 Å². The van der Waals surface area contributed by atoms with Crippen LogP contribution in [0.4, 0.5) is 34.1 Å². The number of hydrogen-bond donors (Lipinski definition) is 0. The van der Waals surface area contributed by atoms with Gasteiger partial charge in [-0.2, -0.15) is 0 Å². The van der Waals surface area contributed by atoms with E-state index in [0.717, 1.165) is 11.5 Å². The Labute approximate surface area is 503 Å². The molecule has 0 N–H and O–H groups in total. The average Bonchev–Trinajstić information content (AvgIpc) is 1.01. The van der Waals surface area contributed by atoms with Gasteiger partial charge in [0.2, 0.25) is 0 Å². The standard InChI is InChI=1S/C78H66B2N2OSe/c1-76(2,3)53-42-56(49-28-14-10-15-29-49)72(57(43-53)50-30-16-11-17-31-50)81-64-39-25-22-36-60(64)79-63-48-68-71-75(84-69-41-27-24-38-62(69)80(71)61-37-23-26-40-67(61)83-68)74(63)82(66-47-55(78(7,8)9)46-65(81)70(66)79)73-58(51-32-18-12-19-33-51)44-54(77(4,5)6)45-59(73)52-34-20-13-21-35-52/h10-48H,1-9H3. The van der Waals surface area contributed by atoms with Crippen LogP contribution >= 0.6 is 0 Å². The van der Waals surface area contributed by atoms with E-state index < -0.39 is 0 Å². The number of fused-ring (bicyclic) bond motifs is 9. The summed E-state index contributed by atoms with van der Waals surface area (Å²) in [5, 5.41) is 0. The molecule has 0 saturated carbocycles. The third-order valence-electron chi connectivity index (χ3n) is 18.0. The Bertz CT molecular complexity index is 4310. The Morgan fingerprint density at radius 3 is 1.21 bits per heavy atom. The summed E-state index contributed by atoms with van der Waals surface area (Å²) in [6.07, 6.45) is 0. The number of benzene rings is 11. The molecule has 0 unspecified atom stereocenters. The summed E-state index contributed by atoms with van der Waals surface area (Å²) in [4.78, 5) is 5.48. The molecule has 4 aliphatic heterocycles. The summed E-state index contributed by atoms with van der Waals surface area (Å²) < 4.78 is 10.2. The first kappa shape index (κ1) is 52.3. The van der Waals surface area contributed by atoms with Gasteiger partial charge in [-0.3, -0.25) is 0 Å². The summed E-state index contributed by atoms with van der Waals surface area (Å²) in [6.45, 7) is 21.1. The molecule has 15 rings (SSSR count). The Kier molecular flexibility index (Phi) is 12.2. The number of anilines is 6. The van der Waals surface area contributed by atoms with E-state index in [-0.39, 0.29) is 44.6 Å². The number of ether oxygens (including phenoxy) is 1. The third kappa shape index (κ3) is 8.39. The first-order chi connectivity index (χ1) is 40.6. The molecule has 0 bridgehead atoms. The molecule has 0 aromatic heterocycles. The van der Waals surface area contributed by atoms with Gasteiger partial charge >= 0.3 is 474 Å². The molecule has 0 fully saturated rings. The second-order valence-electron chi connectivity index (χ2n) is 26.4. The summed E-state index contributed by atoms with van der Waals surface area (Å²) >= 11 is -0.117.